The predicted molar refractivity (Wildman–Crippen MR) is 84.7 cm³/mol. The molecule has 0 radical (unpaired) electrons. The lowest BCUT2D eigenvalue weighted by molar-refractivity contribution is -0.746. The fourth-order valence-corrected chi connectivity index (χ4v) is 3.30. The van der Waals surface area contributed by atoms with Gasteiger partial charge in [-0.1, -0.05) is 4.98 Å². The molecule has 13 nitrogen and oxygen atoms in total. The Labute approximate surface area is 146 Å². The zero-order valence-electron chi connectivity index (χ0n) is 13.8. The Morgan fingerprint density at radius 3 is 2.85 bits per heavy atom. The minimum atomic E-state index is -4.73. The Balaban J connectivity index is 1.99. The molecule has 0 bridgehead atoms. The SMILES string of the molecule is CO[C@@H]1[C@H](O)[C@@H](COP(=O)(O)O)O[C@H]1[n+]1cn(C)c2c(=O)[nH]c(N)nc21. The fraction of sp³-hybridized carbons (Fsp3) is 0.583. The number of aryl methyl sites for hydroxylation is 1. The number of nitrogens with one attached hydrogen (secondary N) is 1. The Hall–Kier alpha value is -1.86. The largest absolute Gasteiger partial charge is 0.469 e. The summed E-state index contributed by atoms with van der Waals surface area (Å²) in [5, 5.41) is 10.3. The molecule has 144 valence electrons. The van der Waals surface area contributed by atoms with Crippen molar-refractivity contribution in [2.45, 2.75) is 24.5 Å². The number of aromatic nitrogens is 4. The van der Waals surface area contributed by atoms with E-state index in [0.29, 0.717) is 0 Å². The molecule has 0 amide bonds. The first-order chi connectivity index (χ1) is 12.1. The van der Waals surface area contributed by atoms with Gasteiger partial charge in [-0.2, -0.15) is 0 Å². The number of fused-ring (bicyclic) bond motifs is 1. The van der Waals surface area contributed by atoms with Crippen LogP contribution in [-0.2, 0) is 25.6 Å². The number of phosphoric ester groups is 1. The molecule has 1 aliphatic heterocycles. The summed E-state index contributed by atoms with van der Waals surface area (Å²) in [5.74, 6) is -0.101. The number of aromatic amines is 1. The second kappa shape index (κ2) is 6.70. The molecule has 0 aliphatic carbocycles. The van der Waals surface area contributed by atoms with Gasteiger partial charge in [-0.3, -0.25) is 18.9 Å². The molecule has 0 unspecified atom stereocenters. The first-order valence-electron chi connectivity index (χ1n) is 7.44. The molecule has 0 spiro atoms. The molecular formula is C12H19N5O8P+. The second-order valence-electron chi connectivity index (χ2n) is 5.80. The number of rotatable bonds is 5. The van der Waals surface area contributed by atoms with Crippen LogP contribution >= 0.6 is 7.82 Å². The number of nitrogen functional groups attached to an aromatic ring is 1. The zero-order valence-corrected chi connectivity index (χ0v) is 14.7. The highest BCUT2D eigenvalue weighted by molar-refractivity contribution is 7.46. The topological polar surface area (TPSA) is 186 Å². The summed E-state index contributed by atoms with van der Waals surface area (Å²) in [7, 11) is -1.77. The average molecular weight is 392 g/mol. The molecule has 4 atom stereocenters. The second-order valence-corrected chi connectivity index (χ2v) is 7.04. The van der Waals surface area contributed by atoms with Crippen molar-refractivity contribution in [3.8, 4) is 0 Å². The fourth-order valence-electron chi connectivity index (χ4n) is 2.96. The summed E-state index contributed by atoms with van der Waals surface area (Å²) < 4.78 is 29.2. The van der Waals surface area contributed by atoms with Crippen molar-refractivity contribution in [3.63, 3.8) is 0 Å². The summed E-state index contributed by atoms with van der Waals surface area (Å²) in [4.78, 5) is 36.2. The molecule has 0 aromatic carbocycles. The Bertz CT molecular complexity index is 922. The van der Waals surface area contributed by atoms with Gasteiger partial charge in [0.25, 0.3) is 11.5 Å². The summed E-state index contributed by atoms with van der Waals surface area (Å²) in [6, 6.07) is 0. The van der Waals surface area contributed by atoms with Gasteiger partial charge < -0.3 is 30.1 Å². The molecule has 2 aromatic rings. The Morgan fingerprint density at radius 2 is 2.23 bits per heavy atom. The highest BCUT2D eigenvalue weighted by Crippen LogP contribution is 2.38. The van der Waals surface area contributed by atoms with Crippen LogP contribution in [0, 0.1) is 0 Å². The highest BCUT2D eigenvalue weighted by atomic mass is 31.2. The van der Waals surface area contributed by atoms with Gasteiger partial charge in [-0.05, 0) is 0 Å². The van der Waals surface area contributed by atoms with Crippen LogP contribution in [0.15, 0.2) is 11.1 Å². The third kappa shape index (κ3) is 3.38. The van der Waals surface area contributed by atoms with Gasteiger partial charge in [-0.15, -0.1) is 0 Å². The average Bonchev–Trinajstić information content (AvgIpc) is 3.01. The number of anilines is 1. The lowest BCUT2D eigenvalue weighted by Crippen LogP contribution is -2.47. The van der Waals surface area contributed by atoms with E-state index in [2.05, 4.69) is 14.5 Å². The van der Waals surface area contributed by atoms with Gasteiger partial charge in [-0.25, -0.2) is 9.13 Å². The maximum absolute atomic E-state index is 12.1. The molecular weight excluding hydrogens is 373 g/mol. The van der Waals surface area contributed by atoms with E-state index >= 15 is 0 Å². The van der Waals surface area contributed by atoms with Crippen molar-refractivity contribution in [3.05, 3.63) is 16.7 Å². The molecule has 3 heterocycles. The summed E-state index contributed by atoms with van der Waals surface area (Å²) in [6.07, 6.45) is -2.63. The summed E-state index contributed by atoms with van der Waals surface area (Å²) >= 11 is 0. The van der Waals surface area contributed by atoms with Crippen LogP contribution in [0.2, 0.25) is 0 Å². The van der Waals surface area contributed by atoms with Crippen molar-refractivity contribution in [2.75, 3.05) is 19.5 Å². The molecule has 26 heavy (non-hydrogen) atoms. The Morgan fingerprint density at radius 1 is 1.54 bits per heavy atom. The van der Waals surface area contributed by atoms with E-state index in [1.165, 1.54) is 22.6 Å². The van der Waals surface area contributed by atoms with Crippen LogP contribution in [0.5, 0.6) is 0 Å². The summed E-state index contributed by atoms with van der Waals surface area (Å²) in [6.45, 7) is -0.552. The van der Waals surface area contributed by atoms with Gasteiger partial charge >= 0.3 is 13.5 Å². The monoisotopic (exact) mass is 392 g/mol. The lowest BCUT2D eigenvalue weighted by atomic mass is 10.1. The van der Waals surface area contributed by atoms with Crippen LogP contribution < -0.4 is 15.9 Å². The van der Waals surface area contributed by atoms with Crippen molar-refractivity contribution >= 4 is 24.9 Å². The van der Waals surface area contributed by atoms with Gasteiger partial charge in [0, 0.05) is 7.11 Å². The quantitative estimate of drug-likeness (QED) is 0.269. The molecule has 6 N–H and O–H groups in total. The number of aliphatic hydroxyl groups excluding tert-OH is 1. The number of hydrogen-bond donors (Lipinski definition) is 5. The molecule has 3 rings (SSSR count). The maximum atomic E-state index is 12.1. The number of H-pyrrole nitrogens is 1. The van der Waals surface area contributed by atoms with E-state index in [4.69, 9.17) is 25.0 Å². The maximum Gasteiger partial charge on any atom is 0.469 e. The number of hydrogen-bond acceptors (Lipinski definition) is 8. The van der Waals surface area contributed by atoms with Crippen LogP contribution in [-0.4, -0.2) is 61.5 Å². The molecule has 2 aromatic heterocycles. The lowest BCUT2D eigenvalue weighted by Gasteiger charge is -2.16. The van der Waals surface area contributed by atoms with Crippen molar-refractivity contribution in [2.24, 2.45) is 7.05 Å². The van der Waals surface area contributed by atoms with Crippen molar-refractivity contribution in [1.29, 1.82) is 0 Å². The van der Waals surface area contributed by atoms with Crippen LogP contribution in [0.25, 0.3) is 11.2 Å². The number of nitrogens with zero attached hydrogens (tertiary/aromatic N) is 3. The van der Waals surface area contributed by atoms with E-state index in [1.807, 2.05) is 0 Å². The third-order valence-electron chi connectivity index (χ3n) is 4.06. The molecule has 1 fully saturated rings. The number of imidazole rings is 1. The first-order valence-corrected chi connectivity index (χ1v) is 8.97. The standard InChI is InChI=1S/C12H18N5O8P/c1-16-4-17(9-6(16)10(19)15-12(13)14-9)11-8(23-2)7(18)5(25-11)3-24-26(20,21)22/h4-5,7-8,11,18H,3H2,1-2H3,(H4-,13,14,15,19,20,21,22)/p+1/t5-,7-,8-,11-/m1/s1. The van der Waals surface area contributed by atoms with E-state index in [0.717, 1.165) is 0 Å². The van der Waals surface area contributed by atoms with Crippen LogP contribution in [0.1, 0.15) is 6.23 Å². The number of methoxy groups -OCH3 is 1. The van der Waals surface area contributed by atoms with Gasteiger partial charge in [0.1, 0.15) is 18.3 Å². The number of aliphatic hydroxyl groups is 1. The summed E-state index contributed by atoms with van der Waals surface area (Å²) in [5.41, 5.74) is 5.57. The molecule has 1 saturated heterocycles. The Kier molecular flexibility index (Phi) is 4.88. The minimum Gasteiger partial charge on any atom is -0.387 e. The van der Waals surface area contributed by atoms with Crippen molar-refractivity contribution in [1.82, 2.24) is 14.5 Å². The third-order valence-corrected chi connectivity index (χ3v) is 4.54. The van der Waals surface area contributed by atoms with Crippen LogP contribution in [0.3, 0.4) is 0 Å². The van der Waals surface area contributed by atoms with Gasteiger partial charge in [0.15, 0.2) is 6.33 Å². The number of nitrogens with two attached hydrogens (primary N) is 1. The molecule has 1 aliphatic rings. The van der Waals surface area contributed by atoms with E-state index in [1.54, 1.807) is 7.05 Å². The minimum absolute atomic E-state index is 0.101. The predicted octanol–water partition coefficient (Wildman–Crippen LogP) is -2.49. The zero-order chi connectivity index (χ0) is 19.2. The normalized spacial score (nSPS) is 26.7. The van der Waals surface area contributed by atoms with Gasteiger partial charge in [0.05, 0.1) is 13.7 Å². The molecule has 14 heteroatoms. The first kappa shape index (κ1) is 18.9. The smallest absolute Gasteiger partial charge is 0.387 e. The molecule has 0 saturated carbocycles. The van der Waals surface area contributed by atoms with Gasteiger partial charge in [0.2, 0.25) is 11.7 Å². The highest BCUT2D eigenvalue weighted by Gasteiger charge is 2.48. The van der Waals surface area contributed by atoms with E-state index in [-0.39, 0.29) is 17.1 Å². The van der Waals surface area contributed by atoms with E-state index < -0.39 is 44.5 Å². The number of phosphoric acid groups is 1. The van der Waals surface area contributed by atoms with E-state index in [9.17, 15) is 14.5 Å². The van der Waals surface area contributed by atoms with Crippen molar-refractivity contribution < 1.29 is 38.0 Å². The van der Waals surface area contributed by atoms with Crippen LogP contribution in [0.4, 0.5) is 5.95 Å². The number of ether oxygens (including phenoxy) is 2.